The van der Waals surface area contributed by atoms with Gasteiger partial charge < -0.3 is 15.0 Å². The first-order valence-corrected chi connectivity index (χ1v) is 5.19. The minimum absolute atomic E-state index is 0.0112. The lowest BCUT2D eigenvalue weighted by Gasteiger charge is -2.24. The van der Waals surface area contributed by atoms with Gasteiger partial charge in [-0.25, -0.2) is 0 Å². The lowest BCUT2D eigenvalue weighted by molar-refractivity contribution is -0.0330. The summed E-state index contributed by atoms with van der Waals surface area (Å²) < 4.78 is 7.42. The number of rotatable bonds is 2. The third kappa shape index (κ3) is 2.24. The van der Waals surface area contributed by atoms with Gasteiger partial charge in [0.05, 0.1) is 0 Å². The molecule has 1 aromatic heterocycles. The molecule has 2 heterocycles. The van der Waals surface area contributed by atoms with Crippen LogP contribution in [0.15, 0.2) is 17.3 Å². The molecule has 15 heavy (non-hydrogen) atoms. The minimum Gasteiger partial charge on any atom is -0.358 e. The topological polar surface area (TPSA) is 70.1 Å². The van der Waals surface area contributed by atoms with E-state index < -0.39 is 0 Å². The summed E-state index contributed by atoms with van der Waals surface area (Å²) >= 11 is 0. The van der Waals surface area contributed by atoms with Gasteiger partial charge in [0, 0.05) is 24.9 Å². The lowest BCUT2D eigenvalue weighted by atomic mass is 10.2. The third-order valence-corrected chi connectivity index (χ3v) is 2.60. The molecule has 1 aliphatic heterocycles. The molecule has 1 saturated heterocycles. The summed E-state index contributed by atoms with van der Waals surface area (Å²) in [7, 11) is 0. The van der Waals surface area contributed by atoms with Gasteiger partial charge in [-0.1, -0.05) is 0 Å². The van der Waals surface area contributed by atoms with Crippen LogP contribution in [-0.4, -0.2) is 16.2 Å². The van der Waals surface area contributed by atoms with Crippen molar-refractivity contribution in [2.24, 2.45) is 5.73 Å². The zero-order chi connectivity index (χ0) is 10.7. The van der Waals surface area contributed by atoms with E-state index in [2.05, 4.69) is 4.98 Å². The molecule has 2 rings (SSSR count). The van der Waals surface area contributed by atoms with Crippen LogP contribution in [0.5, 0.6) is 0 Å². The molecule has 0 saturated carbocycles. The van der Waals surface area contributed by atoms with Gasteiger partial charge >= 0.3 is 0 Å². The molecule has 0 aromatic carbocycles. The maximum atomic E-state index is 11.2. The molecule has 5 nitrogen and oxygen atoms in total. The number of aromatic nitrogens is 2. The van der Waals surface area contributed by atoms with Gasteiger partial charge in [0.1, 0.15) is 12.6 Å². The predicted octanol–water partition coefficient (Wildman–Crippen LogP) is 0.401. The Balaban J connectivity index is 2.23. The molecule has 0 bridgehead atoms. The summed E-state index contributed by atoms with van der Waals surface area (Å²) in [4.78, 5) is 15.0. The zero-order valence-electron chi connectivity index (χ0n) is 8.56. The molecule has 0 aliphatic carbocycles. The Bertz CT molecular complexity index is 382. The van der Waals surface area contributed by atoms with Gasteiger partial charge in [-0.2, -0.15) is 4.98 Å². The Morgan fingerprint density at radius 3 is 3.13 bits per heavy atom. The highest BCUT2D eigenvalue weighted by Gasteiger charge is 2.15. The van der Waals surface area contributed by atoms with E-state index in [1.165, 1.54) is 6.33 Å². The van der Waals surface area contributed by atoms with E-state index in [1.807, 2.05) is 4.57 Å². The molecule has 0 radical (unpaired) electrons. The van der Waals surface area contributed by atoms with Crippen molar-refractivity contribution in [3.8, 4) is 0 Å². The van der Waals surface area contributed by atoms with Gasteiger partial charge in [0.15, 0.2) is 0 Å². The average molecular weight is 209 g/mol. The molecule has 1 aromatic rings. The van der Waals surface area contributed by atoms with Gasteiger partial charge in [-0.3, -0.25) is 4.79 Å². The summed E-state index contributed by atoms with van der Waals surface area (Å²) in [5, 5.41) is 0. The van der Waals surface area contributed by atoms with Crippen molar-refractivity contribution in [1.29, 1.82) is 0 Å². The first kappa shape index (κ1) is 10.3. The Kier molecular flexibility index (Phi) is 3.13. The van der Waals surface area contributed by atoms with E-state index >= 15 is 0 Å². The number of ether oxygens (including phenoxy) is 1. The second kappa shape index (κ2) is 4.55. The molecule has 5 heteroatoms. The fourth-order valence-electron chi connectivity index (χ4n) is 1.73. The first-order valence-electron chi connectivity index (χ1n) is 5.19. The Labute approximate surface area is 87.9 Å². The van der Waals surface area contributed by atoms with E-state index in [-0.39, 0.29) is 18.3 Å². The Hall–Kier alpha value is -1.20. The summed E-state index contributed by atoms with van der Waals surface area (Å²) in [6.45, 7) is 0.994. The third-order valence-electron chi connectivity index (χ3n) is 2.60. The molecular formula is C10H15N3O2. The Morgan fingerprint density at radius 2 is 2.47 bits per heavy atom. The van der Waals surface area contributed by atoms with Gasteiger partial charge in [-0.15, -0.1) is 0 Å². The van der Waals surface area contributed by atoms with Crippen LogP contribution in [0.4, 0.5) is 0 Å². The van der Waals surface area contributed by atoms with Gasteiger partial charge in [-0.05, 0) is 19.3 Å². The standard InChI is InChI=1S/C10H15N3O2/c11-5-8-6-13(7-12-10(8)14)9-3-1-2-4-15-9/h6-7,9H,1-5,11H2. The summed E-state index contributed by atoms with van der Waals surface area (Å²) in [5.74, 6) is 0. The monoisotopic (exact) mass is 209 g/mol. The van der Waals surface area contributed by atoms with E-state index in [0.29, 0.717) is 5.56 Å². The fraction of sp³-hybridized carbons (Fsp3) is 0.600. The second-order valence-corrected chi connectivity index (χ2v) is 3.68. The van der Waals surface area contributed by atoms with Crippen LogP contribution in [0.2, 0.25) is 0 Å². The molecule has 1 atom stereocenters. The lowest BCUT2D eigenvalue weighted by Crippen LogP contribution is -2.24. The molecule has 0 spiro atoms. The SMILES string of the molecule is NCc1cn(C2CCCCO2)cnc1=O. The van der Waals surface area contributed by atoms with E-state index in [9.17, 15) is 4.79 Å². The van der Waals surface area contributed by atoms with Crippen LogP contribution in [0, 0.1) is 0 Å². The van der Waals surface area contributed by atoms with E-state index in [0.717, 1.165) is 25.9 Å². The van der Waals surface area contributed by atoms with Crippen LogP contribution < -0.4 is 11.3 Å². The first-order chi connectivity index (χ1) is 7.31. The summed E-state index contributed by atoms with van der Waals surface area (Å²) in [5.41, 5.74) is 5.74. The van der Waals surface area contributed by atoms with Crippen molar-refractivity contribution in [3.05, 3.63) is 28.4 Å². The summed E-state index contributed by atoms with van der Waals surface area (Å²) in [6.07, 6.45) is 6.50. The van der Waals surface area contributed by atoms with Crippen LogP contribution in [-0.2, 0) is 11.3 Å². The molecule has 1 fully saturated rings. The maximum absolute atomic E-state index is 11.2. The molecule has 82 valence electrons. The number of nitrogens with two attached hydrogens (primary N) is 1. The van der Waals surface area contributed by atoms with Crippen LogP contribution >= 0.6 is 0 Å². The highest BCUT2D eigenvalue weighted by Crippen LogP contribution is 2.21. The van der Waals surface area contributed by atoms with Crippen molar-refractivity contribution in [1.82, 2.24) is 9.55 Å². The quantitative estimate of drug-likeness (QED) is 0.765. The average Bonchev–Trinajstić information content (AvgIpc) is 2.31. The van der Waals surface area contributed by atoms with Crippen LogP contribution in [0.25, 0.3) is 0 Å². The van der Waals surface area contributed by atoms with Crippen LogP contribution in [0.1, 0.15) is 31.1 Å². The smallest absolute Gasteiger partial charge is 0.277 e. The van der Waals surface area contributed by atoms with Crippen molar-refractivity contribution in [3.63, 3.8) is 0 Å². The molecule has 0 amide bonds. The highest BCUT2D eigenvalue weighted by atomic mass is 16.5. The van der Waals surface area contributed by atoms with Crippen LogP contribution in [0.3, 0.4) is 0 Å². The van der Waals surface area contributed by atoms with Crippen molar-refractivity contribution in [2.45, 2.75) is 32.0 Å². The fourth-order valence-corrected chi connectivity index (χ4v) is 1.73. The maximum Gasteiger partial charge on any atom is 0.277 e. The molecule has 2 N–H and O–H groups in total. The van der Waals surface area contributed by atoms with Crippen molar-refractivity contribution in [2.75, 3.05) is 6.61 Å². The van der Waals surface area contributed by atoms with Crippen molar-refractivity contribution < 1.29 is 4.74 Å². The second-order valence-electron chi connectivity index (χ2n) is 3.68. The Morgan fingerprint density at radius 1 is 1.60 bits per heavy atom. The zero-order valence-corrected chi connectivity index (χ0v) is 8.56. The summed E-state index contributed by atoms with van der Waals surface area (Å²) in [6, 6.07) is 0. The van der Waals surface area contributed by atoms with Gasteiger partial charge in [0.2, 0.25) is 0 Å². The molecular weight excluding hydrogens is 194 g/mol. The number of hydrogen-bond acceptors (Lipinski definition) is 4. The normalized spacial score (nSPS) is 21.5. The largest absolute Gasteiger partial charge is 0.358 e. The van der Waals surface area contributed by atoms with E-state index in [4.69, 9.17) is 10.5 Å². The number of nitrogens with zero attached hydrogens (tertiary/aromatic N) is 2. The predicted molar refractivity (Wildman–Crippen MR) is 55.2 cm³/mol. The minimum atomic E-state index is -0.246. The van der Waals surface area contributed by atoms with Crippen molar-refractivity contribution >= 4 is 0 Å². The highest BCUT2D eigenvalue weighted by molar-refractivity contribution is 5.03. The molecule has 1 unspecified atom stereocenters. The number of hydrogen-bond donors (Lipinski definition) is 1. The van der Waals surface area contributed by atoms with E-state index in [1.54, 1.807) is 6.20 Å². The van der Waals surface area contributed by atoms with Gasteiger partial charge in [0.25, 0.3) is 5.56 Å². The molecule has 1 aliphatic rings.